The lowest BCUT2D eigenvalue weighted by Gasteiger charge is -2.40. The first kappa shape index (κ1) is 25.1. The van der Waals surface area contributed by atoms with Crippen LogP contribution in [0, 0.1) is 5.92 Å². The molecule has 0 aromatic heterocycles. The van der Waals surface area contributed by atoms with Crippen LogP contribution in [0.3, 0.4) is 0 Å². The molecule has 0 radical (unpaired) electrons. The number of carboxylic acids is 1. The fraction of sp³-hybridized carbons (Fsp3) is 0.895. The fourth-order valence-corrected chi connectivity index (χ4v) is 3.55. The normalized spacial score (nSPS) is 19.6. The number of carbonyl (C=O) groups is 2. The highest BCUT2D eigenvalue weighted by atomic mass is 32.2. The van der Waals surface area contributed by atoms with Crippen LogP contribution in [0.5, 0.6) is 0 Å². The Morgan fingerprint density at radius 2 is 1.73 bits per heavy atom. The van der Waals surface area contributed by atoms with Gasteiger partial charge >= 0.3 is 12.0 Å². The summed E-state index contributed by atoms with van der Waals surface area (Å²) < 4.78 is 1.85. The summed E-state index contributed by atoms with van der Waals surface area (Å²) in [6, 6.07) is -0.603. The Morgan fingerprint density at radius 3 is 2.19 bits per heavy atom. The third-order valence-electron chi connectivity index (χ3n) is 4.39. The molecule has 2 fully saturated rings. The second-order valence-corrected chi connectivity index (χ2v) is 6.96. The highest BCUT2D eigenvalue weighted by molar-refractivity contribution is 7.96. The van der Waals surface area contributed by atoms with Gasteiger partial charge < -0.3 is 14.9 Å². The van der Waals surface area contributed by atoms with Crippen molar-refractivity contribution in [3.63, 3.8) is 0 Å². The molecule has 0 aromatic rings. The van der Waals surface area contributed by atoms with Gasteiger partial charge in [0.05, 0.1) is 0 Å². The van der Waals surface area contributed by atoms with Crippen molar-refractivity contribution in [3.05, 3.63) is 0 Å². The van der Waals surface area contributed by atoms with Crippen molar-refractivity contribution < 1.29 is 14.7 Å². The molecule has 1 aliphatic heterocycles. The van der Waals surface area contributed by atoms with Crippen LogP contribution in [0.2, 0.25) is 0 Å². The molecule has 0 aromatic carbocycles. The van der Waals surface area contributed by atoms with Crippen molar-refractivity contribution >= 4 is 23.9 Å². The highest BCUT2D eigenvalue weighted by Gasteiger charge is 2.35. The molecule has 154 valence electrons. The topological polar surface area (TPSA) is 64.1 Å². The second kappa shape index (κ2) is 14.2. The molecule has 0 bridgehead atoms. The zero-order valence-electron chi connectivity index (χ0n) is 17.5. The zero-order chi connectivity index (χ0) is 20.1. The van der Waals surface area contributed by atoms with E-state index in [-0.39, 0.29) is 12.6 Å². The predicted molar refractivity (Wildman–Crippen MR) is 111 cm³/mol. The first-order valence-electron chi connectivity index (χ1n) is 10.1. The van der Waals surface area contributed by atoms with Gasteiger partial charge in [-0.1, -0.05) is 59.4 Å². The Bertz CT molecular complexity index is 405. The maximum Gasteiger partial charge on any atom is 0.323 e. The van der Waals surface area contributed by atoms with Crippen molar-refractivity contribution in [2.45, 2.75) is 66.3 Å². The van der Waals surface area contributed by atoms with Gasteiger partial charge in [0.15, 0.2) is 0 Å². The lowest BCUT2D eigenvalue weighted by Crippen LogP contribution is -2.58. The molecule has 2 rings (SSSR count). The average molecular weight is 390 g/mol. The standard InChI is InChI=1S/C15H27N3O3S.2C2H6/c1-3-7-16(8-6-12-4-5-12)15(21)17-9-10-18(22-2)13(11-17)14(19)20;2*1-2/h12-13H,3-11H2,1-2H3,(H,19,20);2*1-2H3. The van der Waals surface area contributed by atoms with Crippen molar-refractivity contribution in [2.75, 3.05) is 39.0 Å². The fourth-order valence-electron chi connectivity index (χ4n) is 2.88. The molecule has 26 heavy (non-hydrogen) atoms. The van der Waals surface area contributed by atoms with Crippen LogP contribution in [-0.4, -0.2) is 76.2 Å². The largest absolute Gasteiger partial charge is 0.480 e. The van der Waals surface area contributed by atoms with E-state index in [9.17, 15) is 14.7 Å². The quantitative estimate of drug-likeness (QED) is 0.666. The van der Waals surface area contributed by atoms with Gasteiger partial charge in [0, 0.05) is 32.7 Å². The summed E-state index contributed by atoms with van der Waals surface area (Å²) in [5.74, 6) is -0.0564. The summed E-state index contributed by atoms with van der Waals surface area (Å²) in [5, 5.41) is 9.36. The number of urea groups is 1. The third-order valence-corrected chi connectivity index (χ3v) is 5.30. The molecule has 1 unspecified atom stereocenters. The van der Waals surface area contributed by atoms with E-state index in [4.69, 9.17) is 0 Å². The van der Waals surface area contributed by atoms with E-state index in [1.807, 2.05) is 43.2 Å². The lowest BCUT2D eigenvalue weighted by atomic mass is 10.2. The Kier molecular flexibility index (Phi) is 13.6. The van der Waals surface area contributed by atoms with Crippen molar-refractivity contribution in [1.29, 1.82) is 0 Å². The van der Waals surface area contributed by atoms with E-state index in [1.54, 1.807) is 4.90 Å². The summed E-state index contributed by atoms with van der Waals surface area (Å²) in [4.78, 5) is 27.7. The predicted octanol–water partition coefficient (Wildman–Crippen LogP) is 4.02. The molecule has 2 amide bonds. The van der Waals surface area contributed by atoms with Crippen LogP contribution in [0.15, 0.2) is 0 Å². The second-order valence-electron chi connectivity index (χ2n) is 6.12. The summed E-state index contributed by atoms with van der Waals surface area (Å²) in [6.45, 7) is 13.1. The molecule has 1 heterocycles. The molecular weight excluding hydrogens is 350 g/mol. The first-order chi connectivity index (χ1) is 12.6. The first-order valence-corrected chi connectivity index (χ1v) is 11.3. The molecule has 6 nitrogen and oxygen atoms in total. The molecule has 7 heteroatoms. The average Bonchev–Trinajstić information content (AvgIpc) is 3.51. The Hall–Kier alpha value is -0.950. The zero-order valence-corrected chi connectivity index (χ0v) is 18.3. The van der Waals surface area contributed by atoms with Gasteiger partial charge in [-0.25, -0.2) is 9.10 Å². The molecule has 2 aliphatic rings. The van der Waals surface area contributed by atoms with Crippen molar-refractivity contribution in [1.82, 2.24) is 14.1 Å². The smallest absolute Gasteiger partial charge is 0.323 e. The Labute approximate surface area is 164 Å². The van der Waals surface area contributed by atoms with E-state index in [1.165, 1.54) is 24.8 Å². The number of carboxylic acid groups (broad SMARTS) is 1. The molecule has 1 N–H and O–H groups in total. The van der Waals surface area contributed by atoms with Crippen LogP contribution in [0.25, 0.3) is 0 Å². The van der Waals surface area contributed by atoms with Gasteiger partial charge in [0.2, 0.25) is 0 Å². The van der Waals surface area contributed by atoms with E-state index in [0.29, 0.717) is 13.1 Å². The summed E-state index contributed by atoms with van der Waals surface area (Å²) >= 11 is 1.44. The number of rotatable bonds is 7. The van der Waals surface area contributed by atoms with Gasteiger partial charge in [0.1, 0.15) is 6.04 Å². The van der Waals surface area contributed by atoms with Crippen LogP contribution >= 0.6 is 11.9 Å². The Balaban J connectivity index is 0.00000146. The van der Waals surface area contributed by atoms with E-state index in [2.05, 4.69) is 6.92 Å². The van der Waals surface area contributed by atoms with E-state index >= 15 is 0 Å². The molecule has 1 saturated heterocycles. The number of aliphatic carboxylic acids is 1. The van der Waals surface area contributed by atoms with Crippen LogP contribution in [-0.2, 0) is 4.79 Å². The molecule has 1 atom stereocenters. The highest BCUT2D eigenvalue weighted by Crippen LogP contribution is 2.32. The van der Waals surface area contributed by atoms with Crippen LogP contribution in [0.1, 0.15) is 60.3 Å². The van der Waals surface area contributed by atoms with Gasteiger partial charge in [-0.15, -0.1) is 0 Å². The third kappa shape index (κ3) is 8.16. The summed E-state index contributed by atoms with van der Waals surface area (Å²) in [7, 11) is 0. The van der Waals surface area contributed by atoms with Crippen LogP contribution < -0.4 is 0 Å². The van der Waals surface area contributed by atoms with E-state index < -0.39 is 12.0 Å². The SMILES string of the molecule is CC.CC.CCCN(CCC1CC1)C(=O)N1CCN(SC)C(C(=O)O)C1. The maximum absolute atomic E-state index is 12.7. The number of nitrogens with zero attached hydrogens (tertiary/aromatic N) is 3. The monoisotopic (exact) mass is 389 g/mol. The molecule has 0 spiro atoms. The van der Waals surface area contributed by atoms with Gasteiger partial charge in [-0.3, -0.25) is 4.79 Å². The maximum atomic E-state index is 12.7. The van der Waals surface area contributed by atoms with Crippen molar-refractivity contribution in [3.8, 4) is 0 Å². The molecular formula is C19H39N3O3S. The number of carbonyl (C=O) groups excluding carboxylic acids is 1. The summed E-state index contributed by atoms with van der Waals surface area (Å²) in [6.07, 6.45) is 6.48. The number of hydrogen-bond acceptors (Lipinski definition) is 4. The molecule has 1 aliphatic carbocycles. The van der Waals surface area contributed by atoms with Crippen molar-refractivity contribution in [2.24, 2.45) is 5.92 Å². The lowest BCUT2D eigenvalue weighted by molar-refractivity contribution is -0.142. The minimum atomic E-state index is -0.855. The number of hydrogen-bond donors (Lipinski definition) is 1. The van der Waals surface area contributed by atoms with Gasteiger partial charge in [-0.05, 0) is 25.0 Å². The minimum absolute atomic E-state index is 0.00880. The summed E-state index contributed by atoms with van der Waals surface area (Å²) in [5.41, 5.74) is 0. The number of amides is 2. The Morgan fingerprint density at radius 1 is 1.12 bits per heavy atom. The van der Waals surface area contributed by atoms with Gasteiger partial charge in [-0.2, -0.15) is 0 Å². The van der Waals surface area contributed by atoms with Gasteiger partial charge in [0.25, 0.3) is 0 Å². The minimum Gasteiger partial charge on any atom is -0.480 e. The molecule has 1 saturated carbocycles. The van der Waals surface area contributed by atoms with E-state index in [0.717, 1.165) is 31.8 Å². The van der Waals surface area contributed by atoms with Crippen LogP contribution in [0.4, 0.5) is 4.79 Å². The number of piperazine rings is 1.